The summed E-state index contributed by atoms with van der Waals surface area (Å²) in [4.78, 5) is 12.0. The maximum Gasteiger partial charge on any atom is 0.303 e. The number of thioether (sulfide) groups is 1. The first-order valence-corrected chi connectivity index (χ1v) is 15.1. The fourth-order valence-electron chi connectivity index (χ4n) is 4.70. The van der Waals surface area contributed by atoms with Crippen LogP contribution in [0.1, 0.15) is 69.1 Å². The molecule has 0 radical (unpaired) electrons. The van der Waals surface area contributed by atoms with Gasteiger partial charge in [0.25, 0.3) is 0 Å². The lowest BCUT2D eigenvalue weighted by atomic mass is 9.99. The molecule has 0 bridgehead atoms. The minimum Gasteiger partial charge on any atom is -0.493 e. The highest BCUT2D eigenvalue weighted by Gasteiger charge is 2.18. The van der Waals surface area contributed by atoms with Crippen molar-refractivity contribution in [1.82, 2.24) is 5.16 Å². The fourth-order valence-corrected chi connectivity index (χ4v) is 5.61. The lowest BCUT2D eigenvalue weighted by molar-refractivity contribution is -0.136. The number of fused-ring (bicyclic) bond motifs is 1. The Hall–Kier alpha value is -3.25. The Morgan fingerprint density at radius 2 is 1.69 bits per heavy atom. The van der Waals surface area contributed by atoms with Crippen molar-refractivity contribution in [1.29, 1.82) is 0 Å². The molecule has 1 heterocycles. The van der Waals surface area contributed by atoms with E-state index in [4.69, 9.17) is 14.4 Å². The van der Waals surface area contributed by atoms with Crippen molar-refractivity contribution in [3.8, 4) is 17.0 Å². The van der Waals surface area contributed by atoms with E-state index >= 15 is 0 Å². The van der Waals surface area contributed by atoms with Crippen LogP contribution in [-0.2, 0) is 24.1 Å². The third-order valence-electron chi connectivity index (χ3n) is 6.84. The highest BCUT2D eigenvalue weighted by Crippen LogP contribution is 2.36. The summed E-state index contributed by atoms with van der Waals surface area (Å²) >= 11 is 1.78. The van der Waals surface area contributed by atoms with Crippen molar-refractivity contribution in [2.45, 2.75) is 76.5 Å². The lowest BCUT2D eigenvalue weighted by Crippen LogP contribution is -2.02. The molecule has 1 N–H and O–H groups in total. The lowest BCUT2D eigenvalue weighted by Gasteiger charge is -2.12. The minimum absolute atomic E-state index is 0.157. The highest BCUT2D eigenvalue weighted by molar-refractivity contribution is 7.99. The van der Waals surface area contributed by atoms with Crippen LogP contribution in [0.2, 0.25) is 0 Å². The second kappa shape index (κ2) is 14.8. The standard InChI is InChI=1S/C33H39NO4S/c1-3-5-10-24-11-7-13-26(22-24)32-29-17-18-30(28(15-6-4-2)33(29)38-34-32)37-20-9-21-39-27-14-8-12-25(23-27)16-19-31(35)36/h7-8,11-14,17-18,22-23H,3-6,9-10,15-16,19-21H2,1-2H3,(H,35,36). The Morgan fingerprint density at radius 3 is 2.49 bits per heavy atom. The van der Waals surface area contributed by atoms with Crippen LogP contribution in [0.15, 0.2) is 70.1 Å². The summed E-state index contributed by atoms with van der Waals surface area (Å²) in [6, 6.07) is 21.0. The molecule has 4 aromatic rings. The van der Waals surface area contributed by atoms with Crippen molar-refractivity contribution in [3.63, 3.8) is 0 Å². The van der Waals surface area contributed by atoms with E-state index in [0.717, 1.165) is 81.9 Å². The number of hydrogen-bond donors (Lipinski definition) is 1. The van der Waals surface area contributed by atoms with Crippen LogP contribution in [0.3, 0.4) is 0 Å². The molecule has 0 spiro atoms. The SMILES string of the molecule is CCCCc1cccc(-c2noc3c(CCCC)c(OCCCSc4cccc(CCC(=O)O)c4)ccc23)c1. The number of aromatic nitrogens is 1. The summed E-state index contributed by atoms with van der Waals surface area (Å²) < 4.78 is 12.2. The number of aryl methyl sites for hydroxylation is 3. The van der Waals surface area contributed by atoms with Crippen molar-refractivity contribution in [3.05, 3.63) is 77.4 Å². The molecule has 0 aliphatic carbocycles. The monoisotopic (exact) mass is 545 g/mol. The van der Waals surface area contributed by atoms with Gasteiger partial charge in [0.2, 0.25) is 0 Å². The Balaban J connectivity index is 1.41. The van der Waals surface area contributed by atoms with E-state index in [1.165, 1.54) is 18.4 Å². The van der Waals surface area contributed by atoms with Gasteiger partial charge in [0, 0.05) is 28.2 Å². The van der Waals surface area contributed by atoms with E-state index in [2.05, 4.69) is 67.5 Å². The summed E-state index contributed by atoms with van der Waals surface area (Å²) in [5, 5.41) is 14.5. The first-order valence-electron chi connectivity index (χ1n) is 14.2. The number of benzene rings is 3. The molecule has 0 fully saturated rings. The molecule has 0 unspecified atom stereocenters. The van der Waals surface area contributed by atoms with Crippen LogP contribution in [0.4, 0.5) is 0 Å². The maximum atomic E-state index is 10.9. The van der Waals surface area contributed by atoms with Crippen molar-refractivity contribution in [2.75, 3.05) is 12.4 Å². The van der Waals surface area contributed by atoms with Gasteiger partial charge in [-0.1, -0.05) is 62.2 Å². The van der Waals surface area contributed by atoms with Gasteiger partial charge in [-0.3, -0.25) is 4.79 Å². The average Bonchev–Trinajstić information content (AvgIpc) is 3.39. The maximum absolute atomic E-state index is 10.9. The van der Waals surface area contributed by atoms with Crippen molar-refractivity contribution >= 4 is 28.7 Å². The molecule has 0 saturated heterocycles. The predicted octanol–water partition coefficient (Wildman–Crippen LogP) is 8.76. The summed E-state index contributed by atoms with van der Waals surface area (Å²) in [5.74, 6) is 1.05. The van der Waals surface area contributed by atoms with Gasteiger partial charge in [0.15, 0.2) is 5.58 Å². The number of carboxylic acid groups (broad SMARTS) is 1. The van der Waals surface area contributed by atoms with Gasteiger partial charge in [0.05, 0.1) is 12.0 Å². The zero-order valence-electron chi connectivity index (χ0n) is 23.1. The molecule has 39 heavy (non-hydrogen) atoms. The van der Waals surface area contributed by atoms with Gasteiger partial charge < -0.3 is 14.4 Å². The Kier molecular flexibility index (Phi) is 10.9. The number of ether oxygens (including phenoxy) is 1. The van der Waals surface area contributed by atoms with Crippen LogP contribution in [-0.4, -0.2) is 28.6 Å². The van der Waals surface area contributed by atoms with Crippen molar-refractivity contribution < 1.29 is 19.2 Å². The normalized spacial score (nSPS) is 11.2. The van der Waals surface area contributed by atoms with E-state index < -0.39 is 5.97 Å². The number of carboxylic acids is 1. The third-order valence-corrected chi connectivity index (χ3v) is 7.92. The number of nitrogens with zero attached hydrogens (tertiary/aromatic N) is 1. The summed E-state index contributed by atoms with van der Waals surface area (Å²) in [6.07, 6.45) is 8.12. The van der Waals surface area contributed by atoms with Crippen LogP contribution in [0, 0.1) is 0 Å². The second-order valence-electron chi connectivity index (χ2n) is 9.95. The zero-order valence-corrected chi connectivity index (χ0v) is 23.9. The first-order chi connectivity index (χ1) is 19.1. The zero-order chi connectivity index (χ0) is 27.5. The third kappa shape index (κ3) is 8.12. The molecular formula is C33H39NO4S. The van der Waals surface area contributed by atoms with Gasteiger partial charge in [-0.15, -0.1) is 11.8 Å². The minimum atomic E-state index is -0.764. The molecule has 206 valence electrons. The van der Waals surface area contributed by atoms with Crippen LogP contribution >= 0.6 is 11.8 Å². The molecule has 5 nitrogen and oxygen atoms in total. The van der Waals surface area contributed by atoms with E-state index in [-0.39, 0.29) is 6.42 Å². The average molecular weight is 546 g/mol. The summed E-state index contributed by atoms with van der Waals surface area (Å²) in [7, 11) is 0. The topological polar surface area (TPSA) is 72.6 Å². The first kappa shape index (κ1) is 28.8. The van der Waals surface area contributed by atoms with Crippen molar-refractivity contribution in [2.24, 2.45) is 0 Å². The quantitative estimate of drug-likeness (QED) is 0.112. The van der Waals surface area contributed by atoms with Crippen LogP contribution in [0.5, 0.6) is 5.75 Å². The van der Waals surface area contributed by atoms with Gasteiger partial charge in [-0.05, 0) is 80.0 Å². The Morgan fingerprint density at radius 1 is 0.923 bits per heavy atom. The van der Waals surface area contributed by atoms with E-state index in [0.29, 0.717) is 13.0 Å². The van der Waals surface area contributed by atoms with Crippen LogP contribution < -0.4 is 4.74 Å². The Bertz CT molecular complexity index is 1360. The van der Waals surface area contributed by atoms with Gasteiger partial charge >= 0.3 is 5.97 Å². The molecule has 3 aromatic carbocycles. The molecule has 0 atom stereocenters. The number of aliphatic carboxylic acids is 1. The van der Waals surface area contributed by atoms with E-state index in [9.17, 15) is 4.79 Å². The second-order valence-corrected chi connectivity index (χ2v) is 11.1. The predicted molar refractivity (Wildman–Crippen MR) is 160 cm³/mol. The fraction of sp³-hybridized carbons (Fsp3) is 0.394. The van der Waals surface area contributed by atoms with Crippen LogP contribution in [0.25, 0.3) is 22.2 Å². The molecule has 0 amide bonds. The molecule has 0 saturated carbocycles. The number of hydrogen-bond acceptors (Lipinski definition) is 5. The van der Waals surface area contributed by atoms with Gasteiger partial charge in [-0.25, -0.2) is 0 Å². The summed E-state index contributed by atoms with van der Waals surface area (Å²) in [5.41, 5.74) is 6.33. The smallest absolute Gasteiger partial charge is 0.303 e. The molecular weight excluding hydrogens is 506 g/mol. The molecule has 1 aromatic heterocycles. The number of unbranched alkanes of at least 4 members (excludes halogenated alkanes) is 2. The number of rotatable bonds is 16. The van der Waals surface area contributed by atoms with E-state index in [1.54, 1.807) is 11.8 Å². The highest BCUT2D eigenvalue weighted by atomic mass is 32.2. The van der Waals surface area contributed by atoms with E-state index in [1.807, 2.05) is 12.1 Å². The van der Waals surface area contributed by atoms with Gasteiger partial charge in [-0.2, -0.15) is 0 Å². The van der Waals surface area contributed by atoms with Gasteiger partial charge in [0.1, 0.15) is 11.4 Å². The summed E-state index contributed by atoms with van der Waals surface area (Å²) in [6.45, 7) is 5.04. The molecule has 0 aliphatic heterocycles. The Labute approximate surface area is 235 Å². The molecule has 0 aliphatic rings. The largest absolute Gasteiger partial charge is 0.493 e. The molecule has 4 rings (SSSR count). The number of carbonyl (C=O) groups is 1. The molecule has 6 heteroatoms.